The van der Waals surface area contributed by atoms with Crippen LogP contribution in [0, 0.1) is 5.41 Å². The maximum absolute atomic E-state index is 4.64. The van der Waals surface area contributed by atoms with Gasteiger partial charge in [-0.3, -0.25) is 0 Å². The number of hydrogen-bond donors (Lipinski definition) is 1. The summed E-state index contributed by atoms with van der Waals surface area (Å²) in [6.07, 6.45) is 4.95. The Morgan fingerprint density at radius 1 is 0.917 bits per heavy atom. The molecule has 0 saturated carbocycles. The Morgan fingerprint density at radius 3 is 1.75 bits per heavy atom. The van der Waals surface area contributed by atoms with Crippen LogP contribution in [0.2, 0.25) is 0 Å². The van der Waals surface area contributed by atoms with Gasteiger partial charge in [0.25, 0.3) is 0 Å². The van der Waals surface area contributed by atoms with Crippen LogP contribution >= 0.6 is 12.6 Å². The molecule has 0 aliphatic carbocycles. The molecule has 1 unspecified atom stereocenters. The lowest BCUT2D eigenvalue weighted by molar-refractivity contribution is 0.296. The molecule has 0 aromatic carbocycles. The van der Waals surface area contributed by atoms with Crippen molar-refractivity contribution in [1.82, 2.24) is 0 Å². The van der Waals surface area contributed by atoms with Crippen molar-refractivity contribution in [3.05, 3.63) is 0 Å². The standard InChI is InChI=1S/C11H24S/c1-6-10(3,4)8-9-11(5,12)7-2/h12H,6-9H2,1-5H3. The zero-order valence-corrected chi connectivity index (χ0v) is 10.2. The highest BCUT2D eigenvalue weighted by Gasteiger charge is 2.22. The van der Waals surface area contributed by atoms with Crippen LogP contribution in [-0.4, -0.2) is 4.75 Å². The van der Waals surface area contributed by atoms with Crippen molar-refractivity contribution >= 4 is 12.6 Å². The van der Waals surface area contributed by atoms with E-state index in [2.05, 4.69) is 47.2 Å². The third kappa shape index (κ3) is 5.08. The molecule has 1 atom stereocenters. The quantitative estimate of drug-likeness (QED) is 0.611. The summed E-state index contributed by atoms with van der Waals surface area (Å²) in [6, 6.07) is 0. The van der Waals surface area contributed by atoms with Gasteiger partial charge in [0.15, 0.2) is 0 Å². The fourth-order valence-corrected chi connectivity index (χ4v) is 1.07. The largest absolute Gasteiger partial charge is 0.173 e. The first kappa shape index (κ1) is 12.3. The Balaban J connectivity index is 3.82. The molecule has 0 saturated heterocycles. The van der Waals surface area contributed by atoms with Gasteiger partial charge in [0, 0.05) is 4.75 Å². The van der Waals surface area contributed by atoms with Gasteiger partial charge in [0.05, 0.1) is 0 Å². The highest BCUT2D eigenvalue weighted by Crippen LogP contribution is 2.33. The van der Waals surface area contributed by atoms with Gasteiger partial charge in [-0.15, -0.1) is 0 Å². The summed E-state index contributed by atoms with van der Waals surface area (Å²) in [5, 5.41) is 0. The van der Waals surface area contributed by atoms with Crippen molar-refractivity contribution in [3.8, 4) is 0 Å². The van der Waals surface area contributed by atoms with Crippen molar-refractivity contribution in [3.63, 3.8) is 0 Å². The highest BCUT2D eigenvalue weighted by molar-refractivity contribution is 7.81. The molecule has 0 amide bonds. The van der Waals surface area contributed by atoms with E-state index in [9.17, 15) is 0 Å². The third-order valence-electron chi connectivity index (χ3n) is 3.06. The van der Waals surface area contributed by atoms with Gasteiger partial charge in [-0.1, -0.05) is 41.0 Å². The second-order valence-corrected chi connectivity index (χ2v) is 5.95. The van der Waals surface area contributed by atoms with E-state index >= 15 is 0 Å². The fraction of sp³-hybridized carbons (Fsp3) is 1.00. The molecular weight excluding hydrogens is 164 g/mol. The van der Waals surface area contributed by atoms with Crippen LogP contribution < -0.4 is 0 Å². The summed E-state index contributed by atoms with van der Waals surface area (Å²) < 4.78 is 0.242. The van der Waals surface area contributed by atoms with Crippen molar-refractivity contribution < 1.29 is 0 Å². The third-order valence-corrected chi connectivity index (χ3v) is 3.60. The van der Waals surface area contributed by atoms with Crippen molar-refractivity contribution in [1.29, 1.82) is 0 Å². The smallest absolute Gasteiger partial charge is 0.00989 e. The lowest BCUT2D eigenvalue weighted by Crippen LogP contribution is -2.20. The maximum atomic E-state index is 4.64. The Labute approximate surface area is 83.5 Å². The van der Waals surface area contributed by atoms with Crippen LogP contribution in [0.1, 0.15) is 60.3 Å². The Bertz CT molecular complexity index is 109. The number of rotatable bonds is 5. The van der Waals surface area contributed by atoms with E-state index in [1.807, 2.05) is 0 Å². The molecule has 0 aromatic heterocycles. The fourth-order valence-electron chi connectivity index (χ4n) is 0.961. The van der Waals surface area contributed by atoms with Crippen molar-refractivity contribution in [2.45, 2.75) is 65.0 Å². The highest BCUT2D eigenvalue weighted by atomic mass is 32.1. The van der Waals surface area contributed by atoms with Gasteiger partial charge < -0.3 is 0 Å². The molecule has 1 heteroatoms. The summed E-state index contributed by atoms with van der Waals surface area (Å²) in [4.78, 5) is 0. The summed E-state index contributed by atoms with van der Waals surface area (Å²) >= 11 is 4.64. The molecule has 0 N–H and O–H groups in total. The summed E-state index contributed by atoms with van der Waals surface area (Å²) in [6.45, 7) is 11.4. The molecule has 0 spiro atoms. The van der Waals surface area contributed by atoms with E-state index in [0.717, 1.165) is 6.42 Å². The maximum Gasteiger partial charge on any atom is 0.00989 e. The van der Waals surface area contributed by atoms with E-state index in [-0.39, 0.29) is 4.75 Å². The van der Waals surface area contributed by atoms with Crippen LogP contribution in [-0.2, 0) is 0 Å². The monoisotopic (exact) mass is 188 g/mol. The number of thiol groups is 1. The molecule has 74 valence electrons. The minimum atomic E-state index is 0.242. The van der Waals surface area contributed by atoms with Crippen molar-refractivity contribution in [2.75, 3.05) is 0 Å². The minimum Gasteiger partial charge on any atom is -0.173 e. The van der Waals surface area contributed by atoms with Gasteiger partial charge in [0.2, 0.25) is 0 Å². The molecule has 0 bridgehead atoms. The Kier molecular flexibility index (Phi) is 4.68. The van der Waals surface area contributed by atoms with E-state index in [0.29, 0.717) is 5.41 Å². The first-order chi connectivity index (χ1) is 5.33. The Hall–Kier alpha value is 0.350. The van der Waals surface area contributed by atoms with Crippen LogP contribution in [0.3, 0.4) is 0 Å². The van der Waals surface area contributed by atoms with Crippen LogP contribution in [0.4, 0.5) is 0 Å². The first-order valence-corrected chi connectivity index (χ1v) is 5.50. The van der Waals surface area contributed by atoms with Gasteiger partial charge in [-0.05, 0) is 24.7 Å². The minimum absolute atomic E-state index is 0.242. The lowest BCUT2D eigenvalue weighted by Gasteiger charge is -2.28. The van der Waals surface area contributed by atoms with Crippen molar-refractivity contribution in [2.24, 2.45) is 5.41 Å². The summed E-state index contributed by atoms with van der Waals surface area (Å²) in [5.74, 6) is 0. The van der Waals surface area contributed by atoms with Crippen LogP contribution in [0.15, 0.2) is 0 Å². The second-order valence-electron chi connectivity index (χ2n) is 4.87. The first-order valence-electron chi connectivity index (χ1n) is 5.05. The molecular formula is C11H24S. The average molecular weight is 188 g/mol. The number of hydrogen-bond acceptors (Lipinski definition) is 1. The molecule has 0 heterocycles. The molecule has 0 nitrogen and oxygen atoms in total. The van der Waals surface area contributed by atoms with Gasteiger partial charge in [0.1, 0.15) is 0 Å². The predicted octanol–water partition coefficient (Wildman–Crippen LogP) is 4.30. The van der Waals surface area contributed by atoms with Gasteiger partial charge >= 0.3 is 0 Å². The van der Waals surface area contributed by atoms with Crippen LogP contribution in [0.25, 0.3) is 0 Å². The topological polar surface area (TPSA) is 0 Å². The lowest BCUT2D eigenvalue weighted by atomic mass is 9.82. The zero-order valence-electron chi connectivity index (χ0n) is 9.28. The molecule has 0 fully saturated rings. The van der Waals surface area contributed by atoms with Gasteiger partial charge in [-0.25, -0.2) is 0 Å². The van der Waals surface area contributed by atoms with Crippen LogP contribution in [0.5, 0.6) is 0 Å². The molecule has 0 aromatic rings. The molecule has 0 radical (unpaired) electrons. The molecule has 0 aliphatic rings. The molecule has 12 heavy (non-hydrogen) atoms. The zero-order chi connectivity index (χ0) is 9.83. The van der Waals surface area contributed by atoms with Gasteiger partial charge in [-0.2, -0.15) is 12.6 Å². The average Bonchev–Trinajstić information content (AvgIpc) is 2.02. The normalized spacial score (nSPS) is 17.5. The molecule has 0 aliphatic heterocycles. The molecule has 0 rings (SSSR count). The summed E-state index contributed by atoms with van der Waals surface area (Å²) in [7, 11) is 0. The second kappa shape index (κ2) is 4.55. The van der Waals surface area contributed by atoms with E-state index in [4.69, 9.17) is 0 Å². The van der Waals surface area contributed by atoms with E-state index in [1.165, 1.54) is 19.3 Å². The Morgan fingerprint density at radius 2 is 1.42 bits per heavy atom. The van der Waals surface area contributed by atoms with E-state index in [1.54, 1.807) is 0 Å². The van der Waals surface area contributed by atoms with E-state index < -0.39 is 0 Å². The predicted molar refractivity (Wildman–Crippen MR) is 61.0 cm³/mol. The SMILES string of the molecule is CCC(C)(C)CCC(C)(S)CC. The summed E-state index contributed by atoms with van der Waals surface area (Å²) in [5.41, 5.74) is 0.499.